The molecule has 2 unspecified atom stereocenters. The van der Waals surface area contributed by atoms with Gasteiger partial charge < -0.3 is 19.9 Å². The highest BCUT2D eigenvalue weighted by molar-refractivity contribution is 4.81. The summed E-state index contributed by atoms with van der Waals surface area (Å²) in [7, 11) is 1.60. The Hall–Kier alpha value is -0.160. The van der Waals surface area contributed by atoms with Crippen LogP contribution in [0.15, 0.2) is 0 Å². The third-order valence-corrected chi connectivity index (χ3v) is 2.14. The molecule has 0 radical (unpaired) electrons. The molecule has 0 aromatic carbocycles. The Morgan fingerprint density at radius 3 is 3.00 bits per heavy atom. The predicted octanol–water partition coefficient (Wildman–Crippen LogP) is -0.238. The summed E-state index contributed by atoms with van der Waals surface area (Å²) in [5.41, 5.74) is -0.757. The molecule has 1 aliphatic rings. The lowest BCUT2D eigenvalue weighted by Crippen LogP contribution is -2.47. The van der Waals surface area contributed by atoms with Crippen molar-refractivity contribution in [2.45, 2.75) is 25.0 Å². The number of nitrogens with one attached hydrogen (secondary N) is 1. The van der Waals surface area contributed by atoms with E-state index in [1.165, 1.54) is 0 Å². The van der Waals surface area contributed by atoms with Gasteiger partial charge in [-0.3, -0.25) is 0 Å². The summed E-state index contributed by atoms with van der Waals surface area (Å²) >= 11 is 0. The highest BCUT2D eigenvalue weighted by atomic mass is 16.5. The maximum absolute atomic E-state index is 9.85. The average Bonchev–Trinajstić information content (AvgIpc) is 2.04. The summed E-state index contributed by atoms with van der Waals surface area (Å²) in [5.74, 6) is 0. The third kappa shape index (κ3) is 4.04. The van der Waals surface area contributed by atoms with E-state index in [-0.39, 0.29) is 6.04 Å². The Labute approximate surface area is 79.2 Å². The Morgan fingerprint density at radius 1 is 1.69 bits per heavy atom. The molecule has 0 bridgehead atoms. The zero-order valence-corrected chi connectivity index (χ0v) is 8.38. The van der Waals surface area contributed by atoms with Crippen LogP contribution in [0, 0.1) is 0 Å². The van der Waals surface area contributed by atoms with Crippen LogP contribution in [0.5, 0.6) is 0 Å². The van der Waals surface area contributed by atoms with Crippen molar-refractivity contribution >= 4 is 0 Å². The maximum atomic E-state index is 9.85. The molecule has 2 N–H and O–H groups in total. The van der Waals surface area contributed by atoms with E-state index in [4.69, 9.17) is 9.47 Å². The fraction of sp³-hybridized carbons (Fsp3) is 1.00. The summed E-state index contributed by atoms with van der Waals surface area (Å²) in [6.07, 6.45) is 0.668. The molecule has 1 saturated heterocycles. The first kappa shape index (κ1) is 10.9. The molecule has 1 fully saturated rings. The van der Waals surface area contributed by atoms with Gasteiger partial charge in [-0.25, -0.2) is 0 Å². The van der Waals surface area contributed by atoms with Crippen LogP contribution in [-0.4, -0.2) is 50.2 Å². The van der Waals surface area contributed by atoms with E-state index in [2.05, 4.69) is 5.32 Å². The number of hydrogen-bond acceptors (Lipinski definition) is 4. The van der Waals surface area contributed by atoms with Crippen LogP contribution in [0.2, 0.25) is 0 Å². The van der Waals surface area contributed by atoms with Gasteiger partial charge in [0.2, 0.25) is 0 Å². The average molecular weight is 189 g/mol. The summed E-state index contributed by atoms with van der Waals surface area (Å²) in [6, 6.07) is 0.249. The number of rotatable bonds is 4. The number of aliphatic hydroxyl groups is 1. The Bertz CT molecular complexity index is 144. The van der Waals surface area contributed by atoms with Gasteiger partial charge in [-0.1, -0.05) is 0 Å². The molecule has 0 aromatic rings. The van der Waals surface area contributed by atoms with Crippen LogP contribution in [-0.2, 0) is 9.47 Å². The zero-order valence-electron chi connectivity index (χ0n) is 8.38. The highest BCUT2D eigenvalue weighted by Gasteiger charge is 2.26. The molecule has 0 amide bonds. The van der Waals surface area contributed by atoms with Crippen LogP contribution in [0.25, 0.3) is 0 Å². The topological polar surface area (TPSA) is 50.7 Å². The molecule has 2 atom stereocenters. The van der Waals surface area contributed by atoms with Gasteiger partial charge in [0.1, 0.15) is 0 Å². The first-order chi connectivity index (χ1) is 6.14. The first-order valence-electron chi connectivity index (χ1n) is 4.66. The van der Waals surface area contributed by atoms with Crippen molar-refractivity contribution in [3.8, 4) is 0 Å². The Morgan fingerprint density at radius 2 is 2.46 bits per heavy atom. The van der Waals surface area contributed by atoms with E-state index in [1.54, 1.807) is 14.0 Å². The molecule has 0 saturated carbocycles. The lowest BCUT2D eigenvalue weighted by Gasteiger charge is -2.30. The second kappa shape index (κ2) is 4.91. The quantitative estimate of drug-likeness (QED) is 0.641. The van der Waals surface area contributed by atoms with Crippen LogP contribution >= 0.6 is 0 Å². The minimum Gasteiger partial charge on any atom is -0.388 e. The van der Waals surface area contributed by atoms with Crippen LogP contribution in [0.3, 0.4) is 0 Å². The van der Waals surface area contributed by atoms with Crippen molar-refractivity contribution in [2.24, 2.45) is 0 Å². The fourth-order valence-corrected chi connectivity index (χ4v) is 1.65. The molecule has 1 rings (SSSR count). The number of methoxy groups -OCH3 is 1. The summed E-state index contributed by atoms with van der Waals surface area (Å²) < 4.78 is 10.2. The largest absolute Gasteiger partial charge is 0.388 e. The van der Waals surface area contributed by atoms with Gasteiger partial charge in [-0.05, 0) is 13.3 Å². The van der Waals surface area contributed by atoms with E-state index in [0.29, 0.717) is 19.6 Å². The lowest BCUT2D eigenvalue weighted by molar-refractivity contribution is -0.0422. The van der Waals surface area contributed by atoms with Crippen molar-refractivity contribution in [3.05, 3.63) is 0 Å². The highest BCUT2D eigenvalue weighted by Crippen LogP contribution is 2.13. The van der Waals surface area contributed by atoms with Gasteiger partial charge in [0.15, 0.2) is 0 Å². The molecular formula is C9H19NO3. The molecule has 0 spiro atoms. The Balaban J connectivity index is 2.28. The molecule has 0 aromatic heterocycles. The zero-order chi connectivity index (χ0) is 9.73. The van der Waals surface area contributed by atoms with Crippen molar-refractivity contribution < 1.29 is 14.6 Å². The summed E-state index contributed by atoms with van der Waals surface area (Å²) in [4.78, 5) is 0. The first-order valence-corrected chi connectivity index (χ1v) is 4.66. The summed E-state index contributed by atoms with van der Waals surface area (Å²) in [5, 5.41) is 13.1. The van der Waals surface area contributed by atoms with Crippen molar-refractivity contribution in [2.75, 3.05) is 33.5 Å². The van der Waals surface area contributed by atoms with Crippen molar-refractivity contribution in [3.63, 3.8) is 0 Å². The molecular weight excluding hydrogens is 170 g/mol. The van der Waals surface area contributed by atoms with Crippen molar-refractivity contribution in [1.82, 2.24) is 5.32 Å². The molecule has 13 heavy (non-hydrogen) atoms. The molecule has 0 aliphatic carbocycles. The Kier molecular flexibility index (Phi) is 4.12. The van der Waals surface area contributed by atoms with Crippen LogP contribution < -0.4 is 5.32 Å². The monoisotopic (exact) mass is 189 g/mol. The van der Waals surface area contributed by atoms with Gasteiger partial charge in [0.25, 0.3) is 0 Å². The third-order valence-electron chi connectivity index (χ3n) is 2.14. The van der Waals surface area contributed by atoms with E-state index in [9.17, 15) is 5.11 Å². The van der Waals surface area contributed by atoms with E-state index < -0.39 is 5.60 Å². The standard InChI is InChI=1S/C9H19NO3/c1-9(11,7-12-2)5-8-6-13-4-3-10-8/h8,10-11H,3-7H2,1-2H3. The van der Waals surface area contributed by atoms with E-state index in [1.807, 2.05) is 0 Å². The minimum absolute atomic E-state index is 0.249. The van der Waals surface area contributed by atoms with E-state index in [0.717, 1.165) is 13.2 Å². The van der Waals surface area contributed by atoms with Crippen LogP contribution in [0.1, 0.15) is 13.3 Å². The lowest BCUT2D eigenvalue weighted by atomic mass is 9.98. The summed E-state index contributed by atoms with van der Waals surface area (Å²) in [6.45, 7) is 4.47. The van der Waals surface area contributed by atoms with Gasteiger partial charge in [0, 0.05) is 19.7 Å². The second-order valence-corrected chi connectivity index (χ2v) is 3.86. The van der Waals surface area contributed by atoms with Gasteiger partial charge in [-0.2, -0.15) is 0 Å². The minimum atomic E-state index is -0.757. The number of ether oxygens (including phenoxy) is 2. The smallest absolute Gasteiger partial charge is 0.0867 e. The molecule has 78 valence electrons. The fourth-order valence-electron chi connectivity index (χ4n) is 1.65. The maximum Gasteiger partial charge on any atom is 0.0867 e. The number of hydrogen-bond donors (Lipinski definition) is 2. The molecule has 4 nitrogen and oxygen atoms in total. The predicted molar refractivity (Wildman–Crippen MR) is 49.7 cm³/mol. The van der Waals surface area contributed by atoms with E-state index >= 15 is 0 Å². The molecule has 4 heteroatoms. The number of morpholine rings is 1. The SMILES string of the molecule is COCC(C)(O)CC1COCCN1. The van der Waals surface area contributed by atoms with Crippen molar-refractivity contribution in [1.29, 1.82) is 0 Å². The molecule has 1 aliphatic heterocycles. The normalized spacial score (nSPS) is 28.4. The molecule has 1 heterocycles. The van der Waals surface area contributed by atoms with Gasteiger partial charge >= 0.3 is 0 Å². The van der Waals surface area contributed by atoms with Gasteiger partial charge in [0.05, 0.1) is 25.4 Å². The van der Waals surface area contributed by atoms with Crippen LogP contribution in [0.4, 0.5) is 0 Å². The van der Waals surface area contributed by atoms with Gasteiger partial charge in [-0.15, -0.1) is 0 Å². The second-order valence-electron chi connectivity index (χ2n) is 3.86.